The Kier molecular flexibility index (Phi) is 3.69. The zero-order chi connectivity index (χ0) is 12.3. The van der Waals surface area contributed by atoms with Gasteiger partial charge in [0.25, 0.3) is 0 Å². The summed E-state index contributed by atoms with van der Waals surface area (Å²) in [6.07, 6.45) is 0.636. The standard InChI is InChI=1S/C14H16N2S/c1-10(8-14(15)16)17-13-7-6-11-4-2-3-5-12(11)9-13/h2-7,9-10H,8H2,1H3,(H3,15,16). The maximum Gasteiger partial charge on any atom is 0.0916 e. The number of fused-ring (bicyclic) bond motifs is 1. The molecule has 0 spiro atoms. The first-order valence-corrected chi connectivity index (χ1v) is 6.51. The highest BCUT2D eigenvalue weighted by molar-refractivity contribution is 8.00. The third-order valence-corrected chi connectivity index (χ3v) is 3.66. The minimum Gasteiger partial charge on any atom is -0.388 e. The lowest BCUT2D eigenvalue weighted by Crippen LogP contribution is -2.14. The molecule has 0 heterocycles. The van der Waals surface area contributed by atoms with Crippen molar-refractivity contribution >= 4 is 28.4 Å². The van der Waals surface area contributed by atoms with E-state index in [9.17, 15) is 0 Å². The fourth-order valence-electron chi connectivity index (χ4n) is 1.82. The molecule has 88 valence electrons. The van der Waals surface area contributed by atoms with Crippen LogP contribution in [-0.2, 0) is 0 Å². The van der Waals surface area contributed by atoms with Crippen molar-refractivity contribution in [3.05, 3.63) is 42.5 Å². The summed E-state index contributed by atoms with van der Waals surface area (Å²) >= 11 is 1.77. The summed E-state index contributed by atoms with van der Waals surface area (Å²) in [7, 11) is 0. The third kappa shape index (κ3) is 3.24. The average molecular weight is 244 g/mol. The average Bonchev–Trinajstić information content (AvgIpc) is 2.27. The van der Waals surface area contributed by atoms with Gasteiger partial charge < -0.3 is 5.73 Å². The van der Waals surface area contributed by atoms with Gasteiger partial charge in [-0.05, 0) is 22.9 Å². The molecule has 2 aromatic rings. The quantitative estimate of drug-likeness (QED) is 0.490. The maximum absolute atomic E-state index is 7.29. The topological polar surface area (TPSA) is 49.9 Å². The fraction of sp³-hybridized carbons (Fsp3) is 0.214. The van der Waals surface area contributed by atoms with Gasteiger partial charge in [-0.1, -0.05) is 37.3 Å². The smallest absolute Gasteiger partial charge is 0.0916 e. The summed E-state index contributed by atoms with van der Waals surface area (Å²) in [6, 6.07) is 14.8. The van der Waals surface area contributed by atoms with Gasteiger partial charge in [-0.15, -0.1) is 11.8 Å². The van der Waals surface area contributed by atoms with Crippen molar-refractivity contribution in [2.75, 3.05) is 0 Å². The van der Waals surface area contributed by atoms with Crippen molar-refractivity contribution in [3.63, 3.8) is 0 Å². The predicted octanol–water partition coefficient (Wildman–Crippen LogP) is 3.65. The van der Waals surface area contributed by atoms with E-state index >= 15 is 0 Å². The Bertz CT molecular complexity index is 536. The van der Waals surface area contributed by atoms with Crippen LogP contribution in [0.5, 0.6) is 0 Å². The molecule has 0 radical (unpaired) electrons. The summed E-state index contributed by atoms with van der Waals surface area (Å²) < 4.78 is 0. The lowest BCUT2D eigenvalue weighted by molar-refractivity contribution is 0.996. The van der Waals surface area contributed by atoms with Crippen LogP contribution in [0.15, 0.2) is 47.4 Å². The Hall–Kier alpha value is -1.48. The van der Waals surface area contributed by atoms with E-state index in [2.05, 4.69) is 43.3 Å². The minimum absolute atomic E-state index is 0.255. The Labute approximate surface area is 106 Å². The number of nitrogens with one attached hydrogen (secondary N) is 1. The van der Waals surface area contributed by atoms with Gasteiger partial charge in [0.1, 0.15) is 0 Å². The molecule has 1 atom stereocenters. The highest BCUT2D eigenvalue weighted by Crippen LogP contribution is 2.28. The second-order valence-electron chi connectivity index (χ2n) is 4.17. The Morgan fingerprint density at radius 2 is 1.94 bits per heavy atom. The molecule has 2 nitrogen and oxygen atoms in total. The van der Waals surface area contributed by atoms with E-state index in [1.807, 2.05) is 6.07 Å². The molecule has 1 unspecified atom stereocenters. The van der Waals surface area contributed by atoms with Crippen LogP contribution < -0.4 is 5.73 Å². The highest BCUT2D eigenvalue weighted by Gasteiger charge is 2.06. The fourth-order valence-corrected chi connectivity index (χ4v) is 2.89. The first-order valence-electron chi connectivity index (χ1n) is 5.63. The van der Waals surface area contributed by atoms with Crippen LogP contribution in [0.2, 0.25) is 0 Å². The Morgan fingerprint density at radius 1 is 1.24 bits per heavy atom. The van der Waals surface area contributed by atoms with Crippen LogP contribution in [0.25, 0.3) is 10.8 Å². The number of nitrogens with two attached hydrogens (primary N) is 1. The van der Waals surface area contributed by atoms with Crippen molar-refractivity contribution in [3.8, 4) is 0 Å². The molecule has 3 heteroatoms. The molecule has 17 heavy (non-hydrogen) atoms. The van der Waals surface area contributed by atoms with E-state index < -0.39 is 0 Å². The molecular weight excluding hydrogens is 228 g/mol. The summed E-state index contributed by atoms with van der Waals surface area (Å²) in [4.78, 5) is 1.23. The van der Waals surface area contributed by atoms with Gasteiger partial charge in [0.15, 0.2) is 0 Å². The molecule has 3 N–H and O–H groups in total. The van der Waals surface area contributed by atoms with Gasteiger partial charge in [0.05, 0.1) is 5.84 Å². The van der Waals surface area contributed by atoms with Gasteiger partial charge in [0.2, 0.25) is 0 Å². The second-order valence-corrected chi connectivity index (χ2v) is 5.68. The molecule has 0 fully saturated rings. The highest BCUT2D eigenvalue weighted by atomic mass is 32.2. The van der Waals surface area contributed by atoms with Crippen LogP contribution in [0.4, 0.5) is 0 Å². The van der Waals surface area contributed by atoms with Crippen molar-refractivity contribution < 1.29 is 0 Å². The Balaban J connectivity index is 2.16. The molecule has 0 aliphatic carbocycles. The van der Waals surface area contributed by atoms with Crippen LogP contribution >= 0.6 is 11.8 Å². The zero-order valence-corrected chi connectivity index (χ0v) is 10.6. The van der Waals surface area contributed by atoms with Crippen molar-refractivity contribution in [2.45, 2.75) is 23.5 Å². The van der Waals surface area contributed by atoms with E-state index in [0.717, 1.165) is 0 Å². The summed E-state index contributed by atoms with van der Waals surface area (Å²) in [5, 5.41) is 10.1. The second kappa shape index (κ2) is 5.23. The Morgan fingerprint density at radius 3 is 2.65 bits per heavy atom. The predicted molar refractivity (Wildman–Crippen MR) is 75.8 cm³/mol. The normalized spacial score (nSPS) is 12.5. The van der Waals surface area contributed by atoms with E-state index in [1.165, 1.54) is 15.7 Å². The number of amidine groups is 1. The monoisotopic (exact) mass is 244 g/mol. The molecule has 0 aliphatic rings. The first-order chi connectivity index (χ1) is 8.15. The summed E-state index contributed by atoms with van der Waals surface area (Å²) in [5.74, 6) is 0.255. The van der Waals surface area contributed by atoms with E-state index in [4.69, 9.17) is 11.1 Å². The van der Waals surface area contributed by atoms with Crippen molar-refractivity contribution in [2.24, 2.45) is 5.73 Å². The van der Waals surface area contributed by atoms with Gasteiger partial charge >= 0.3 is 0 Å². The lowest BCUT2D eigenvalue weighted by atomic mass is 10.1. The molecule has 0 aromatic heterocycles. The number of hydrogen-bond donors (Lipinski definition) is 2. The maximum atomic E-state index is 7.29. The third-order valence-electron chi connectivity index (χ3n) is 2.57. The van der Waals surface area contributed by atoms with Crippen molar-refractivity contribution in [1.82, 2.24) is 0 Å². The van der Waals surface area contributed by atoms with E-state index in [-0.39, 0.29) is 5.84 Å². The molecule has 0 amide bonds. The zero-order valence-electron chi connectivity index (χ0n) is 9.81. The number of hydrogen-bond acceptors (Lipinski definition) is 2. The first kappa shape index (κ1) is 12.0. The lowest BCUT2D eigenvalue weighted by Gasteiger charge is -2.10. The van der Waals surface area contributed by atoms with Gasteiger partial charge in [-0.25, -0.2) is 0 Å². The summed E-state index contributed by atoms with van der Waals surface area (Å²) in [6.45, 7) is 2.10. The molecule has 2 rings (SSSR count). The number of rotatable bonds is 4. The van der Waals surface area contributed by atoms with Crippen LogP contribution in [-0.4, -0.2) is 11.1 Å². The molecule has 0 saturated heterocycles. The van der Waals surface area contributed by atoms with Crippen LogP contribution in [0.1, 0.15) is 13.3 Å². The molecule has 0 aliphatic heterocycles. The molecule has 0 bridgehead atoms. The van der Waals surface area contributed by atoms with Crippen LogP contribution in [0.3, 0.4) is 0 Å². The largest absolute Gasteiger partial charge is 0.388 e. The van der Waals surface area contributed by atoms with E-state index in [0.29, 0.717) is 11.7 Å². The van der Waals surface area contributed by atoms with Crippen LogP contribution in [0, 0.1) is 5.41 Å². The minimum atomic E-state index is 0.255. The van der Waals surface area contributed by atoms with Gasteiger partial charge in [0, 0.05) is 16.6 Å². The van der Waals surface area contributed by atoms with E-state index in [1.54, 1.807) is 11.8 Å². The molecule has 0 saturated carbocycles. The summed E-state index contributed by atoms with van der Waals surface area (Å²) in [5.41, 5.74) is 5.41. The number of benzene rings is 2. The number of thioether (sulfide) groups is 1. The van der Waals surface area contributed by atoms with Gasteiger partial charge in [-0.3, -0.25) is 5.41 Å². The molecular formula is C14H16N2S. The van der Waals surface area contributed by atoms with Crippen molar-refractivity contribution in [1.29, 1.82) is 5.41 Å². The molecule has 2 aromatic carbocycles. The van der Waals surface area contributed by atoms with Gasteiger partial charge in [-0.2, -0.15) is 0 Å². The SMILES string of the molecule is CC(CC(=N)N)Sc1ccc2ccccc2c1.